The summed E-state index contributed by atoms with van der Waals surface area (Å²) in [5, 5.41) is 5.59. The van der Waals surface area contributed by atoms with Crippen molar-refractivity contribution in [2.75, 3.05) is 17.6 Å². The third-order valence-electron chi connectivity index (χ3n) is 8.00. The molecule has 0 aliphatic carbocycles. The SMILES string of the molecule is Cc1ccccc1-c1ccc(NC(=O)C(Cc2ccc(C(=O)NCCS(=O)(=O)O)cc2)c2ccc(-c3ccccc3C)cc2)cc1. The molecule has 0 aliphatic heterocycles. The molecule has 7 nitrogen and oxygen atoms in total. The van der Waals surface area contributed by atoms with Crippen LogP contribution in [0.25, 0.3) is 22.3 Å². The Morgan fingerprint density at radius 2 is 1.22 bits per heavy atom. The number of amides is 2. The molecule has 0 aliphatic rings. The smallest absolute Gasteiger partial charge is 0.266 e. The summed E-state index contributed by atoms with van der Waals surface area (Å²) in [7, 11) is -4.17. The van der Waals surface area contributed by atoms with Crippen LogP contribution in [0.5, 0.6) is 0 Å². The maximum absolute atomic E-state index is 13.9. The lowest BCUT2D eigenvalue weighted by Gasteiger charge is -2.19. The first-order valence-corrected chi connectivity index (χ1v) is 16.6. The molecular weight excluding hydrogens is 596 g/mol. The Hall–Kier alpha value is -5.05. The summed E-state index contributed by atoms with van der Waals surface area (Å²) in [5.74, 6) is -1.69. The van der Waals surface area contributed by atoms with Crippen molar-refractivity contribution in [3.05, 3.63) is 149 Å². The Morgan fingerprint density at radius 3 is 1.74 bits per heavy atom. The molecule has 0 saturated heterocycles. The minimum absolute atomic E-state index is 0.153. The second kappa shape index (κ2) is 14.4. The predicted molar refractivity (Wildman–Crippen MR) is 183 cm³/mol. The van der Waals surface area contributed by atoms with E-state index in [2.05, 4.69) is 48.7 Å². The molecule has 0 bridgehead atoms. The Bertz CT molecular complexity index is 1940. The second-order valence-electron chi connectivity index (χ2n) is 11.3. The van der Waals surface area contributed by atoms with E-state index in [0.29, 0.717) is 17.7 Å². The number of aryl methyl sites for hydroxylation is 2. The summed E-state index contributed by atoms with van der Waals surface area (Å²) in [5.41, 5.74) is 9.51. The topological polar surface area (TPSA) is 113 Å². The summed E-state index contributed by atoms with van der Waals surface area (Å²) in [6.45, 7) is 3.94. The lowest BCUT2D eigenvalue weighted by Crippen LogP contribution is -2.28. The highest BCUT2D eigenvalue weighted by Gasteiger charge is 2.22. The number of hydrogen-bond acceptors (Lipinski definition) is 4. The molecule has 2 amide bonds. The standard InChI is InChI=1S/C38H36N2O5S/c1-26-7-3-5-9-34(26)29-15-17-31(18-16-29)36(25-28-11-13-32(14-12-28)37(41)39-23-24-46(43,44)45)38(42)40-33-21-19-30(20-22-33)35-10-6-4-8-27(35)2/h3-22,36H,23-25H2,1-2H3,(H,39,41)(H,40,42)(H,43,44,45). The van der Waals surface area contributed by atoms with Gasteiger partial charge in [0.1, 0.15) is 0 Å². The van der Waals surface area contributed by atoms with Gasteiger partial charge in [-0.25, -0.2) is 0 Å². The van der Waals surface area contributed by atoms with Crippen molar-refractivity contribution in [2.24, 2.45) is 0 Å². The molecule has 8 heteroatoms. The minimum Gasteiger partial charge on any atom is -0.351 e. The van der Waals surface area contributed by atoms with Crippen LogP contribution in [0.15, 0.2) is 121 Å². The molecule has 5 aromatic rings. The molecule has 3 N–H and O–H groups in total. The van der Waals surface area contributed by atoms with Gasteiger partial charge in [0.2, 0.25) is 5.91 Å². The highest BCUT2D eigenvalue weighted by atomic mass is 32.2. The number of carbonyl (C=O) groups is 2. The van der Waals surface area contributed by atoms with Gasteiger partial charge >= 0.3 is 0 Å². The van der Waals surface area contributed by atoms with Gasteiger partial charge in [-0.2, -0.15) is 8.42 Å². The number of anilines is 1. The molecule has 0 radical (unpaired) electrons. The average Bonchev–Trinajstić information content (AvgIpc) is 3.04. The van der Waals surface area contributed by atoms with Crippen LogP contribution in [-0.4, -0.2) is 37.1 Å². The molecule has 0 spiro atoms. The summed E-state index contributed by atoms with van der Waals surface area (Å²) >= 11 is 0. The van der Waals surface area contributed by atoms with E-state index in [-0.39, 0.29) is 12.5 Å². The fraction of sp³-hybridized carbons (Fsp3) is 0.158. The number of hydrogen-bond donors (Lipinski definition) is 3. The van der Waals surface area contributed by atoms with E-state index in [1.165, 1.54) is 11.1 Å². The first-order chi connectivity index (χ1) is 22.1. The van der Waals surface area contributed by atoms with Gasteiger partial charge in [0, 0.05) is 17.8 Å². The third-order valence-corrected chi connectivity index (χ3v) is 8.72. The Kier molecular flexibility index (Phi) is 10.1. The van der Waals surface area contributed by atoms with Crippen molar-refractivity contribution >= 4 is 27.6 Å². The van der Waals surface area contributed by atoms with Crippen molar-refractivity contribution in [3.63, 3.8) is 0 Å². The van der Waals surface area contributed by atoms with E-state index in [1.54, 1.807) is 24.3 Å². The van der Waals surface area contributed by atoms with E-state index >= 15 is 0 Å². The van der Waals surface area contributed by atoms with Gasteiger partial charge < -0.3 is 10.6 Å². The van der Waals surface area contributed by atoms with Gasteiger partial charge in [0.25, 0.3) is 16.0 Å². The van der Waals surface area contributed by atoms with Crippen LogP contribution in [0.3, 0.4) is 0 Å². The molecule has 1 unspecified atom stereocenters. The van der Waals surface area contributed by atoms with Gasteiger partial charge in [-0.15, -0.1) is 0 Å². The van der Waals surface area contributed by atoms with Crippen molar-refractivity contribution in [3.8, 4) is 22.3 Å². The monoisotopic (exact) mass is 632 g/mol. The zero-order valence-electron chi connectivity index (χ0n) is 25.7. The zero-order valence-corrected chi connectivity index (χ0v) is 26.6. The molecule has 0 heterocycles. The predicted octanol–water partition coefficient (Wildman–Crippen LogP) is 7.22. The van der Waals surface area contributed by atoms with E-state index in [0.717, 1.165) is 33.4 Å². The van der Waals surface area contributed by atoms with E-state index in [4.69, 9.17) is 4.55 Å². The van der Waals surface area contributed by atoms with Crippen LogP contribution in [0.4, 0.5) is 5.69 Å². The summed E-state index contributed by atoms with van der Waals surface area (Å²) < 4.78 is 30.8. The quantitative estimate of drug-likeness (QED) is 0.133. The van der Waals surface area contributed by atoms with Crippen LogP contribution in [0.1, 0.15) is 38.5 Å². The van der Waals surface area contributed by atoms with Crippen LogP contribution >= 0.6 is 0 Å². The maximum atomic E-state index is 13.9. The largest absolute Gasteiger partial charge is 0.351 e. The average molecular weight is 633 g/mol. The molecule has 5 aromatic carbocycles. The minimum atomic E-state index is -4.17. The van der Waals surface area contributed by atoms with Crippen molar-refractivity contribution < 1.29 is 22.6 Å². The number of benzene rings is 5. The van der Waals surface area contributed by atoms with Crippen molar-refractivity contribution in [1.82, 2.24) is 5.32 Å². The van der Waals surface area contributed by atoms with E-state index in [9.17, 15) is 18.0 Å². The van der Waals surface area contributed by atoms with Gasteiger partial charge in [-0.05, 0) is 89.0 Å². The lowest BCUT2D eigenvalue weighted by molar-refractivity contribution is -0.117. The van der Waals surface area contributed by atoms with Gasteiger partial charge in [-0.1, -0.05) is 97.1 Å². The first kappa shape index (κ1) is 32.3. The van der Waals surface area contributed by atoms with Crippen molar-refractivity contribution in [1.29, 1.82) is 0 Å². The summed E-state index contributed by atoms with van der Waals surface area (Å²) in [4.78, 5) is 26.3. The van der Waals surface area contributed by atoms with Crippen LogP contribution < -0.4 is 10.6 Å². The van der Waals surface area contributed by atoms with E-state index < -0.39 is 27.7 Å². The molecule has 0 fully saturated rings. The Balaban J connectivity index is 1.36. The molecule has 0 aromatic heterocycles. The molecular formula is C38H36N2O5S. The molecule has 234 valence electrons. The third kappa shape index (κ3) is 8.35. The van der Waals surface area contributed by atoms with Crippen LogP contribution in [0, 0.1) is 13.8 Å². The van der Waals surface area contributed by atoms with Gasteiger partial charge in [0.15, 0.2) is 0 Å². The highest BCUT2D eigenvalue weighted by molar-refractivity contribution is 7.85. The summed E-state index contributed by atoms with van der Waals surface area (Å²) in [6, 6.07) is 39.1. The number of carbonyl (C=O) groups excluding carboxylic acids is 2. The number of nitrogens with one attached hydrogen (secondary N) is 2. The Labute approximate surface area is 270 Å². The fourth-order valence-corrected chi connectivity index (χ4v) is 5.80. The lowest BCUT2D eigenvalue weighted by atomic mass is 9.89. The zero-order chi connectivity index (χ0) is 32.7. The normalized spacial score (nSPS) is 11.9. The molecule has 0 saturated carbocycles. The fourth-order valence-electron chi connectivity index (χ4n) is 5.44. The second-order valence-corrected chi connectivity index (χ2v) is 12.9. The molecule has 1 atom stereocenters. The van der Waals surface area contributed by atoms with Crippen molar-refractivity contribution in [2.45, 2.75) is 26.2 Å². The highest BCUT2D eigenvalue weighted by Crippen LogP contribution is 2.29. The van der Waals surface area contributed by atoms with Gasteiger partial charge in [-0.3, -0.25) is 14.1 Å². The molecule has 5 rings (SSSR count). The van der Waals surface area contributed by atoms with Crippen LogP contribution in [-0.2, 0) is 21.3 Å². The van der Waals surface area contributed by atoms with E-state index in [1.807, 2.05) is 72.8 Å². The maximum Gasteiger partial charge on any atom is 0.266 e. The van der Waals surface area contributed by atoms with Gasteiger partial charge in [0.05, 0.1) is 11.7 Å². The summed E-state index contributed by atoms with van der Waals surface area (Å²) in [6.07, 6.45) is 0.390. The van der Waals surface area contributed by atoms with Crippen LogP contribution in [0.2, 0.25) is 0 Å². The Morgan fingerprint density at radius 1 is 0.696 bits per heavy atom. The number of rotatable bonds is 11. The first-order valence-electron chi connectivity index (χ1n) is 15.0. The molecule has 46 heavy (non-hydrogen) atoms.